The van der Waals surface area contributed by atoms with Gasteiger partial charge in [0.25, 0.3) is 0 Å². The highest BCUT2D eigenvalue weighted by molar-refractivity contribution is 5.80. The van der Waals surface area contributed by atoms with Crippen molar-refractivity contribution in [3.05, 3.63) is 41.7 Å². The number of ether oxygens (including phenoxy) is 1. The average molecular weight is 344 g/mol. The van der Waals surface area contributed by atoms with E-state index in [0.717, 1.165) is 6.07 Å². The number of hydrogen-bond donors (Lipinski definition) is 2. The predicted octanol–water partition coefficient (Wildman–Crippen LogP) is 4.01. The summed E-state index contributed by atoms with van der Waals surface area (Å²) in [4.78, 5) is 9.29. The van der Waals surface area contributed by atoms with Gasteiger partial charge in [-0.05, 0) is 18.2 Å². The quantitative estimate of drug-likeness (QED) is 0.705. The first kappa shape index (κ1) is 16.0. The maximum Gasteiger partial charge on any atom is 0.449 e. The van der Waals surface area contributed by atoms with Gasteiger partial charge in [-0.3, -0.25) is 0 Å². The topological polar surface area (TPSA) is 62.8 Å². The minimum Gasteiger partial charge on any atom is -0.479 e. The normalized spacial score (nSPS) is 11.8. The van der Waals surface area contributed by atoms with Gasteiger partial charge in [-0.1, -0.05) is 6.07 Å². The Morgan fingerprint density at radius 3 is 2.54 bits per heavy atom. The minimum atomic E-state index is -4.67. The van der Waals surface area contributed by atoms with Gasteiger partial charge in [-0.25, -0.2) is 13.8 Å². The van der Waals surface area contributed by atoms with Crippen LogP contribution < -0.4 is 10.1 Å². The van der Waals surface area contributed by atoms with Gasteiger partial charge in [-0.2, -0.15) is 18.2 Å². The summed E-state index contributed by atoms with van der Waals surface area (Å²) in [6.45, 7) is 0. The van der Waals surface area contributed by atoms with Crippen LogP contribution in [0.25, 0.3) is 11.2 Å². The molecule has 0 aliphatic carbocycles. The number of H-pyrrole nitrogens is 1. The number of nitrogens with zero attached hydrogens (tertiary/aromatic N) is 2. The number of hydrogen-bond acceptors (Lipinski definition) is 4. The van der Waals surface area contributed by atoms with Crippen LogP contribution in [0.1, 0.15) is 5.82 Å². The van der Waals surface area contributed by atoms with Crippen LogP contribution in [-0.4, -0.2) is 22.1 Å². The maximum absolute atomic E-state index is 13.7. The molecule has 2 aromatic heterocycles. The zero-order valence-electron chi connectivity index (χ0n) is 12.0. The van der Waals surface area contributed by atoms with Gasteiger partial charge in [-0.15, -0.1) is 0 Å². The smallest absolute Gasteiger partial charge is 0.449 e. The lowest BCUT2D eigenvalue weighted by atomic mass is 10.2. The van der Waals surface area contributed by atoms with Crippen LogP contribution >= 0.6 is 0 Å². The fourth-order valence-corrected chi connectivity index (χ4v) is 2.05. The molecule has 3 aromatic rings. The van der Waals surface area contributed by atoms with Crippen LogP contribution in [0, 0.1) is 11.6 Å². The summed E-state index contributed by atoms with van der Waals surface area (Å²) in [5.41, 5.74) is -0.442. The van der Waals surface area contributed by atoms with Gasteiger partial charge in [0.1, 0.15) is 11.2 Å². The lowest BCUT2D eigenvalue weighted by Crippen LogP contribution is -2.06. The van der Waals surface area contributed by atoms with Crippen LogP contribution in [0.3, 0.4) is 0 Å². The van der Waals surface area contributed by atoms with E-state index >= 15 is 0 Å². The van der Waals surface area contributed by atoms with E-state index in [1.54, 1.807) is 0 Å². The zero-order valence-corrected chi connectivity index (χ0v) is 12.0. The molecule has 0 aliphatic rings. The molecule has 24 heavy (non-hydrogen) atoms. The molecule has 0 radical (unpaired) electrons. The van der Waals surface area contributed by atoms with Crippen molar-refractivity contribution in [3.8, 4) is 5.88 Å². The molecular formula is C14H9F5N4O. The summed E-state index contributed by atoms with van der Waals surface area (Å²) in [6, 6.07) is 4.66. The lowest BCUT2D eigenvalue weighted by Gasteiger charge is -2.11. The summed E-state index contributed by atoms with van der Waals surface area (Å²) in [7, 11) is 1.24. The van der Waals surface area contributed by atoms with Gasteiger partial charge in [0, 0.05) is 0 Å². The minimum absolute atomic E-state index is 0.0368. The van der Waals surface area contributed by atoms with Crippen molar-refractivity contribution in [2.45, 2.75) is 6.18 Å². The maximum atomic E-state index is 13.7. The molecule has 1 aromatic carbocycles. The fraction of sp³-hybridized carbons (Fsp3) is 0.143. The van der Waals surface area contributed by atoms with Crippen LogP contribution in [0.5, 0.6) is 5.88 Å². The molecule has 0 saturated heterocycles. The van der Waals surface area contributed by atoms with Crippen molar-refractivity contribution in [1.29, 1.82) is 0 Å². The second-order valence-electron chi connectivity index (χ2n) is 4.72. The van der Waals surface area contributed by atoms with Crippen molar-refractivity contribution in [2.24, 2.45) is 0 Å². The number of imidazole rings is 1. The number of nitrogens with one attached hydrogen (secondary N) is 2. The second-order valence-corrected chi connectivity index (χ2v) is 4.72. The van der Waals surface area contributed by atoms with Gasteiger partial charge >= 0.3 is 6.18 Å². The number of methoxy groups -OCH3 is 1. The van der Waals surface area contributed by atoms with Gasteiger partial charge in [0.15, 0.2) is 17.3 Å². The number of benzene rings is 1. The molecule has 0 saturated carbocycles. The Hall–Kier alpha value is -2.91. The van der Waals surface area contributed by atoms with E-state index in [9.17, 15) is 22.0 Å². The van der Waals surface area contributed by atoms with Gasteiger partial charge in [0.05, 0.1) is 12.8 Å². The molecule has 0 amide bonds. The molecule has 0 unspecified atom stereocenters. The summed E-state index contributed by atoms with van der Waals surface area (Å²) in [6.07, 6.45) is -4.67. The van der Waals surface area contributed by atoms with Crippen LogP contribution in [-0.2, 0) is 6.18 Å². The number of aromatic amines is 1. The van der Waals surface area contributed by atoms with E-state index in [1.165, 1.54) is 25.3 Å². The standard InChI is InChI=1S/C14H9F5N4O/c1-24-12-9(20-7-4-2-3-6(15)10(7)16)5-8-11(22-12)23-13(21-8)14(17,18)19/h2-5,20H,1H3,(H,21,22,23). The Morgan fingerprint density at radius 1 is 1.12 bits per heavy atom. The Labute approximate surface area is 131 Å². The van der Waals surface area contributed by atoms with Crippen molar-refractivity contribution in [2.75, 3.05) is 12.4 Å². The van der Waals surface area contributed by atoms with Crippen molar-refractivity contribution >= 4 is 22.5 Å². The summed E-state index contributed by atoms with van der Waals surface area (Å²) < 4.78 is 70.0. The Balaban J connectivity index is 2.08. The third-order valence-corrected chi connectivity index (χ3v) is 3.12. The number of pyridine rings is 1. The SMILES string of the molecule is COc1nc2[nH]c(C(F)(F)F)nc2cc1Nc1cccc(F)c1F. The van der Waals surface area contributed by atoms with Gasteiger partial charge in [0.2, 0.25) is 11.7 Å². The third kappa shape index (κ3) is 2.82. The van der Waals surface area contributed by atoms with E-state index in [1.807, 2.05) is 4.98 Å². The fourth-order valence-electron chi connectivity index (χ4n) is 2.05. The molecule has 2 N–H and O–H groups in total. The first-order valence-corrected chi connectivity index (χ1v) is 6.52. The highest BCUT2D eigenvalue weighted by atomic mass is 19.4. The Kier molecular flexibility index (Phi) is 3.74. The van der Waals surface area contributed by atoms with E-state index in [-0.39, 0.29) is 28.4 Å². The van der Waals surface area contributed by atoms with Crippen LogP contribution in [0.4, 0.5) is 33.3 Å². The monoisotopic (exact) mass is 344 g/mol. The Bertz CT molecular complexity index is 906. The second kappa shape index (κ2) is 5.62. The van der Waals surface area contributed by atoms with Gasteiger partial charge < -0.3 is 15.0 Å². The molecule has 0 spiro atoms. The first-order valence-electron chi connectivity index (χ1n) is 6.52. The first-order chi connectivity index (χ1) is 11.3. The molecule has 5 nitrogen and oxygen atoms in total. The van der Waals surface area contributed by atoms with Crippen LogP contribution in [0.2, 0.25) is 0 Å². The number of aromatic nitrogens is 3. The highest BCUT2D eigenvalue weighted by Gasteiger charge is 2.35. The number of alkyl halides is 3. The largest absolute Gasteiger partial charge is 0.479 e. The molecular weight excluding hydrogens is 335 g/mol. The molecule has 0 aliphatic heterocycles. The number of fused-ring (bicyclic) bond motifs is 1. The molecule has 126 valence electrons. The number of anilines is 2. The molecule has 10 heteroatoms. The number of halogens is 5. The summed E-state index contributed by atoms with van der Waals surface area (Å²) in [5, 5.41) is 2.54. The molecule has 3 rings (SSSR count). The highest BCUT2D eigenvalue weighted by Crippen LogP contribution is 2.33. The Morgan fingerprint density at radius 2 is 1.88 bits per heavy atom. The lowest BCUT2D eigenvalue weighted by molar-refractivity contribution is -0.144. The van der Waals surface area contributed by atoms with Crippen molar-refractivity contribution in [3.63, 3.8) is 0 Å². The van der Waals surface area contributed by atoms with Crippen molar-refractivity contribution < 1.29 is 26.7 Å². The molecule has 0 atom stereocenters. The third-order valence-electron chi connectivity index (χ3n) is 3.12. The van der Waals surface area contributed by atoms with E-state index < -0.39 is 23.6 Å². The predicted molar refractivity (Wildman–Crippen MR) is 75.1 cm³/mol. The zero-order chi connectivity index (χ0) is 17.5. The van der Waals surface area contributed by atoms with Crippen molar-refractivity contribution in [1.82, 2.24) is 15.0 Å². The van der Waals surface area contributed by atoms with Crippen LogP contribution in [0.15, 0.2) is 24.3 Å². The number of rotatable bonds is 3. The molecule has 0 fully saturated rings. The van der Waals surface area contributed by atoms with E-state index in [0.29, 0.717) is 0 Å². The average Bonchev–Trinajstić information content (AvgIpc) is 2.94. The molecule has 0 bridgehead atoms. The van der Waals surface area contributed by atoms with E-state index in [4.69, 9.17) is 4.74 Å². The van der Waals surface area contributed by atoms with E-state index in [2.05, 4.69) is 15.3 Å². The summed E-state index contributed by atoms with van der Waals surface area (Å²) >= 11 is 0. The summed E-state index contributed by atoms with van der Waals surface area (Å²) in [5.74, 6) is -3.55. The molecule has 2 heterocycles.